The molecule has 0 amide bonds. The minimum absolute atomic E-state index is 0.429. The largest absolute Gasteiger partial charge is 0.255 e. The third kappa shape index (κ3) is 4.89. The van der Waals surface area contributed by atoms with Crippen molar-refractivity contribution in [2.75, 3.05) is 0 Å². The van der Waals surface area contributed by atoms with Gasteiger partial charge in [0.2, 0.25) is 0 Å². The van der Waals surface area contributed by atoms with Crippen molar-refractivity contribution >= 4 is 32.6 Å². The summed E-state index contributed by atoms with van der Waals surface area (Å²) in [6.45, 7) is 0. The molecular weight excluding hydrogens is 739 g/mol. The maximum atomic E-state index is 5.17. The predicted octanol–water partition coefficient (Wildman–Crippen LogP) is 14.3. The Morgan fingerprint density at radius 3 is 1.62 bits per heavy atom. The smallest absolute Gasteiger partial charge is 0.0964 e. The van der Waals surface area contributed by atoms with Gasteiger partial charge in [-0.3, -0.25) is 15.0 Å². The van der Waals surface area contributed by atoms with Crippen molar-refractivity contribution < 1.29 is 0 Å². The zero-order valence-corrected chi connectivity index (χ0v) is 33.0. The van der Waals surface area contributed by atoms with Gasteiger partial charge in [-0.2, -0.15) is 0 Å². The van der Waals surface area contributed by atoms with E-state index in [2.05, 4.69) is 194 Å². The summed E-state index contributed by atoms with van der Waals surface area (Å²) >= 11 is 0. The molecule has 0 saturated heterocycles. The van der Waals surface area contributed by atoms with Crippen molar-refractivity contribution in [1.82, 2.24) is 15.0 Å². The number of aromatic nitrogens is 3. The summed E-state index contributed by atoms with van der Waals surface area (Å²) in [6.07, 6.45) is 5.91. The quantitative estimate of drug-likeness (QED) is 0.167. The molecule has 3 nitrogen and oxygen atoms in total. The van der Waals surface area contributed by atoms with Crippen molar-refractivity contribution in [1.29, 1.82) is 0 Å². The molecule has 3 aromatic heterocycles. The number of rotatable bonds is 4. The van der Waals surface area contributed by atoms with Crippen molar-refractivity contribution in [2.45, 2.75) is 5.41 Å². The lowest BCUT2D eigenvalue weighted by atomic mass is 9.70. The molecule has 0 fully saturated rings. The fourth-order valence-corrected chi connectivity index (χ4v) is 10.5. The van der Waals surface area contributed by atoms with Gasteiger partial charge in [0.25, 0.3) is 0 Å². The van der Waals surface area contributed by atoms with Crippen LogP contribution in [-0.2, 0) is 5.41 Å². The van der Waals surface area contributed by atoms with E-state index < -0.39 is 5.41 Å². The lowest BCUT2D eigenvalue weighted by Gasteiger charge is -2.30. The summed E-state index contributed by atoms with van der Waals surface area (Å²) in [5.74, 6) is 0. The molecule has 1 spiro atoms. The van der Waals surface area contributed by atoms with E-state index in [1.807, 2.05) is 18.5 Å². The second-order valence-corrected chi connectivity index (χ2v) is 16.3. The Balaban J connectivity index is 1.06. The highest BCUT2D eigenvalue weighted by Crippen LogP contribution is 2.63. The van der Waals surface area contributed by atoms with E-state index in [4.69, 9.17) is 15.0 Å². The molecule has 0 atom stereocenters. The lowest BCUT2D eigenvalue weighted by Crippen LogP contribution is -2.25. The van der Waals surface area contributed by atoms with Crippen LogP contribution in [0, 0.1) is 0 Å². The molecule has 2 aliphatic carbocycles. The second-order valence-electron chi connectivity index (χ2n) is 16.3. The SMILES string of the molecule is c1ccc(-c2ncc(-c3cc(-c4ccc5c(c4)C4(c6ccccc6-c6ccccc64)c4ccccc4-5)cc(-c4cnc5c(ccc6cccnc65)c4)c3)c3ccccc23)cc1. The molecule has 0 radical (unpaired) electrons. The van der Waals surface area contributed by atoms with Gasteiger partial charge >= 0.3 is 0 Å². The van der Waals surface area contributed by atoms with E-state index >= 15 is 0 Å². The van der Waals surface area contributed by atoms with Crippen molar-refractivity contribution in [2.24, 2.45) is 0 Å². The van der Waals surface area contributed by atoms with E-state index in [0.29, 0.717) is 0 Å². The van der Waals surface area contributed by atoms with E-state index in [-0.39, 0.29) is 0 Å². The molecule has 0 bridgehead atoms. The van der Waals surface area contributed by atoms with Crippen LogP contribution in [0.1, 0.15) is 22.3 Å². The standard InChI is InChI=1S/C58H35N3/c1-2-13-36(14-3-1)55-49-20-5-4-16-44(49)50(35-61-55)42-31-40(30-41(32-42)43-29-39-25-24-37-15-12-28-59-56(37)57(39)60-34-43)38-26-27-48-47-19-8-11-23-53(47)58(54(48)33-38)51-21-9-6-17-45(51)46-18-7-10-22-52(46)58/h1-35H. The zero-order valence-electron chi connectivity index (χ0n) is 33.0. The van der Waals surface area contributed by atoms with E-state index in [1.54, 1.807) is 0 Å². The first-order chi connectivity index (χ1) is 30.2. The Morgan fingerprint density at radius 1 is 0.295 bits per heavy atom. The van der Waals surface area contributed by atoms with Crippen LogP contribution in [0.15, 0.2) is 213 Å². The minimum atomic E-state index is -0.429. The van der Waals surface area contributed by atoms with Crippen LogP contribution in [0.5, 0.6) is 0 Å². The van der Waals surface area contributed by atoms with Gasteiger partial charge in [0, 0.05) is 51.4 Å². The molecule has 0 aliphatic heterocycles. The number of fused-ring (bicyclic) bond motifs is 14. The molecule has 61 heavy (non-hydrogen) atoms. The maximum absolute atomic E-state index is 5.17. The van der Waals surface area contributed by atoms with Gasteiger partial charge in [0.1, 0.15) is 0 Å². The number of nitrogens with zero attached hydrogens (tertiary/aromatic N) is 3. The summed E-state index contributed by atoms with van der Waals surface area (Å²) in [5.41, 5.74) is 20.7. The summed E-state index contributed by atoms with van der Waals surface area (Å²) in [6, 6.07) is 71.0. The van der Waals surface area contributed by atoms with Gasteiger partial charge in [-0.25, -0.2) is 0 Å². The highest BCUT2D eigenvalue weighted by atomic mass is 14.7. The molecule has 0 unspecified atom stereocenters. The average molecular weight is 774 g/mol. The summed E-state index contributed by atoms with van der Waals surface area (Å²) in [7, 11) is 0. The number of hydrogen-bond donors (Lipinski definition) is 0. The second kappa shape index (κ2) is 13.0. The number of benzene rings is 8. The minimum Gasteiger partial charge on any atom is -0.255 e. The predicted molar refractivity (Wildman–Crippen MR) is 250 cm³/mol. The average Bonchev–Trinajstić information content (AvgIpc) is 3.80. The van der Waals surface area contributed by atoms with Crippen LogP contribution in [0.2, 0.25) is 0 Å². The molecule has 11 aromatic rings. The van der Waals surface area contributed by atoms with Gasteiger partial charge in [0.05, 0.1) is 22.1 Å². The van der Waals surface area contributed by atoms with Gasteiger partial charge < -0.3 is 0 Å². The summed E-state index contributed by atoms with van der Waals surface area (Å²) < 4.78 is 0. The van der Waals surface area contributed by atoms with E-state index in [1.165, 1.54) is 44.5 Å². The molecule has 3 heterocycles. The topological polar surface area (TPSA) is 38.7 Å². The monoisotopic (exact) mass is 773 g/mol. The van der Waals surface area contributed by atoms with Crippen molar-refractivity contribution in [3.63, 3.8) is 0 Å². The fraction of sp³-hybridized carbons (Fsp3) is 0.0172. The van der Waals surface area contributed by atoms with Crippen LogP contribution in [0.25, 0.3) is 99.5 Å². The van der Waals surface area contributed by atoms with Crippen molar-refractivity contribution in [3.8, 4) is 66.9 Å². The lowest BCUT2D eigenvalue weighted by molar-refractivity contribution is 0.794. The number of hydrogen-bond acceptors (Lipinski definition) is 3. The first-order valence-corrected chi connectivity index (χ1v) is 20.9. The molecule has 0 saturated carbocycles. The number of pyridine rings is 3. The molecular formula is C58H35N3. The van der Waals surface area contributed by atoms with Crippen LogP contribution >= 0.6 is 0 Å². The summed E-state index contributed by atoms with van der Waals surface area (Å²) in [4.78, 5) is 15.0. The molecule has 13 rings (SSSR count). The Bertz CT molecular complexity index is 3540. The van der Waals surface area contributed by atoms with Crippen LogP contribution in [0.3, 0.4) is 0 Å². The van der Waals surface area contributed by atoms with Crippen LogP contribution in [-0.4, -0.2) is 15.0 Å². The van der Waals surface area contributed by atoms with Gasteiger partial charge in [-0.15, -0.1) is 0 Å². The molecule has 2 aliphatic rings. The highest BCUT2D eigenvalue weighted by Gasteiger charge is 2.51. The van der Waals surface area contributed by atoms with Crippen LogP contribution in [0.4, 0.5) is 0 Å². The van der Waals surface area contributed by atoms with Gasteiger partial charge in [-0.1, -0.05) is 158 Å². The highest BCUT2D eigenvalue weighted by molar-refractivity contribution is 6.06. The first-order valence-electron chi connectivity index (χ1n) is 20.9. The summed E-state index contributed by atoms with van der Waals surface area (Å²) in [5, 5.41) is 4.43. The molecule has 8 aromatic carbocycles. The normalized spacial score (nSPS) is 13.0. The first kappa shape index (κ1) is 33.9. The molecule has 282 valence electrons. The third-order valence-corrected chi connectivity index (χ3v) is 13.2. The van der Waals surface area contributed by atoms with Crippen molar-refractivity contribution in [3.05, 3.63) is 235 Å². The Labute approximate surface area is 353 Å². The van der Waals surface area contributed by atoms with Crippen LogP contribution < -0.4 is 0 Å². The van der Waals surface area contributed by atoms with E-state index in [0.717, 1.165) is 77.2 Å². The Hall–Kier alpha value is -8.01. The maximum Gasteiger partial charge on any atom is 0.0964 e. The Morgan fingerprint density at radius 2 is 0.885 bits per heavy atom. The van der Waals surface area contributed by atoms with E-state index in [9.17, 15) is 0 Å². The third-order valence-electron chi connectivity index (χ3n) is 13.2. The Kier molecular flexibility index (Phi) is 7.22. The fourth-order valence-electron chi connectivity index (χ4n) is 10.5. The molecule has 0 N–H and O–H groups in total. The molecule has 3 heteroatoms. The zero-order chi connectivity index (χ0) is 40.1. The van der Waals surface area contributed by atoms with Gasteiger partial charge in [-0.05, 0) is 109 Å². The van der Waals surface area contributed by atoms with Gasteiger partial charge in [0.15, 0.2) is 0 Å².